The fourth-order valence-corrected chi connectivity index (χ4v) is 1.70. The van der Waals surface area contributed by atoms with Gasteiger partial charge in [-0.3, -0.25) is 4.79 Å². The maximum absolute atomic E-state index is 12.9. The first kappa shape index (κ1) is 15.6. The molecule has 0 aromatic heterocycles. The number of rotatable bonds is 6. The van der Waals surface area contributed by atoms with Crippen molar-refractivity contribution >= 4 is 5.91 Å². The molecular weight excluding hydrogens is 247 g/mol. The maximum Gasteiger partial charge on any atom is 0.239 e. The van der Waals surface area contributed by atoms with Crippen LogP contribution in [-0.2, 0) is 14.9 Å². The summed E-state index contributed by atoms with van der Waals surface area (Å²) in [6.07, 6.45) is 0. The van der Waals surface area contributed by atoms with Gasteiger partial charge in [-0.2, -0.15) is 0 Å². The standard InChI is InChI=1S/C14H21FN2O2/c1-14(2,10-4-6-11(15)7-5-10)9-17-13(18)12(16)8-19-3/h4-7,12H,8-9,16H2,1-3H3,(H,17,18). The minimum atomic E-state index is -0.672. The number of hydrogen-bond acceptors (Lipinski definition) is 3. The molecule has 19 heavy (non-hydrogen) atoms. The number of nitrogens with one attached hydrogen (secondary N) is 1. The maximum atomic E-state index is 12.9. The zero-order valence-corrected chi connectivity index (χ0v) is 11.6. The van der Waals surface area contributed by atoms with Gasteiger partial charge in [-0.25, -0.2) is 4.39 Å². The lowest BCUT2D eigenvalue weighted by Gasteiger charge is -2.26. The van der Waals surface area contributed by atoms with Crippen LogP contribution in [0.5, 0.6) is 0 Å². The molecule has 0 radical (unpaired) electrons. The average molecular weight is 268 g/mol. The molecule has 1 rings (SSSR count). The van der Waals surface area contributed by atoms with Crippen LogP contribution in [0.25, 0.3) is 0 Å². The van der Waals surface area contributed by atoms with Crippen LogP contribution < -0.4 is 11.1 Å². The van der Waals surface area contributed by atoms with Crippen molar-refractivity contribution in [2.75, 3.05) is 20.3 Å². The van der Waals surface area contributed by atoms with Crippen LogP contribution >= 0.6 is 0 Å². The second-order valence-corrected chi connectivity index (χ2v) is 5.17. The van der Waals surface area contributed by atoms with Gasteiger partial charge in [0.05, 0.1) is 6.61 Å². The molecule has 4 nitrogen and oxygen atoms in total. The number of amides is 1. The largest absolute Gasteiger partial charge is 0.383 e. The number of hydrogen-bond donors (Lipinski definition) is 2. The first-order valence-corrected chi connectivity index (χ1v) is 6.15. The molecule has 3 N–H and O–H groups in total. The van der Waals surface area contributed by atoms with Crippen LogP contribution in [0.4, 0.5) is 4.39 Å². The van der Waals surface area contributed by atoms with Gasteiger partial charge in [0, 0.05) is 19.1 Å². The van der Waals surface area contributed by atoms with E-state index in [1.165, 1.54) is 19.2 Å². The summed E-state index contributed by atoms with van der Waals surface area (Å²) in [7, 11) is 1.50. The van der Waals surface area contributed by atoms with Crippen molar-refractivity contribution < 1.29 is 13.9 Å². The van der Waals surface area contributed by atoms with Gasteiger partial charge in [-0.1, -0.05) is 26.0 Å². The molecule has 0 bridgehead atoms. The Labute approximate surface area is 113 Å². The number of halogens is 1. The van der Waals surface area contributed by atoms with E-state index in [1.807, 2.05) is 13.8 Å². The third-order valence-electron chi connectivity index (χ3n) is 3.01. The van der Waals surface area contributed by atoms with Gasteiger partial charge in [-0.15, -0.1) is 0 Å². The van der Waals surface area contributed by atoms with Crippen LogP contribution in [0.3, 0.4) is 0 Å². The predicted octanol–water partition coefficient (Wildman–Crippen LogP) is 1.19. The molecule has 1 amide bonds. The van der Waals surface area contributed by atoms with Crippen molar-refractivity contribution in [2.45, 2.75) is 25.3 Å². The number of carbonyl (C=O) groups excluding carboxylic acids is 1. The van der Waals surface area contributed by atoms with E-state index in [2.05, 4.69) is 5.32 Å². The van der Waals surface area contributed by atoms with Crippen LogP contribution in [0, 0.1) is 5.82 Å². The molecular formula is C14H21FN2O2. The molecule has 106 valence electrons. The Bertz CT molecular complexity index is 418. The lowest BCUT2D eigenvalue weighted by atomic mass is 9.84. The fraction of sp³-hybridized carbons (Fsp3) is 0.500. The molecule has 0 fully saturated rings. The van der Waals surface area contributed by atoms with E-state index in [4.69, 9.17) is 10.5 Å². The molecule has 1 aromatic rings. The van der Waals surface area contributed by atoms with Crippen LogP contribution in [0.1, 0.15) is 19.4 Å². The zero-order chi connectivity index (χ0) is 14.5. The molecule has 0 aliphatic heterocycles. The Balaban J connectivity index is 2.60. The highest BCUT2D eigenvalue weighted by atomic mass is 19.1. The second kappa shape index (κ2) is 6.63. The Kier molecular flexibility index (Phi) is 5.44. The van der Waals surface area contributed by atoms with Crippen LogP contribution in [0.2, 0.25) is 0 Å². The highest BCUT2D eigenvalue weighted by molar-refractivity contribution is 5.81. The molecule has 5 heteroatoms. The predicted molar refractivity (Wildman–Crippen MR) is 72.3 cm³/mol. The Hall–Kier alpha value is -1.46. The Morgan fingerprint density at radius 2 is 2.00 bits per heavy atom. The molecule has 1 aromatic carbocycles. The summed E-state index contributed by atoms with van der Waals surface area (Å²) in [5.41, 5.74) is 6.29. The summed E-state index contributed by atoms with van der Waals surface area (Å²) < 4.78 is 17.7. The zero-order valence-electron chi connectivity index (χ0n) is 11.6. The summed E-state index contributed by atoms with van der Waals surface area (Å²) in [5, 5.41) is 2.78. The summed E-state index contributed by atoms with van der Waals surface area (Å²) in [5.74, 6) is -0.525. The van der Waals surface area contributed by atoms with Gasteiger partial charge in [0.25, 0.3) is 0 Å². The average Bonchev–Trinajstić information content (AvgIpc) is 2.37. The Morgan fingerprint density at radius 3 is 2.53 bits per heavy atom. The van der Waals surface area contributed by atoms with Crippen molar-refractivity contribution in [1.29, 1.82) is 0 Å². The minimum Gasteiger partial charge on any atom is -0.383 e. The number of nitrogens with two attached hydrogens (primary N) is 1. The third-order valence-corrected chi connectivity index (χ3v) is 3.01. The van der Waals surface area contributed by atoms with Gasteiger partial charge in [0.15, 0.2) is 0 Å². The molecule has 0 heterocycles. The van der Waals surface area contributed by atoms with Crippen LogP contribution in [-0.4, -0.2) is 32.2 Å². The van der Waals surface area contributed by atoms with E-state index in [-0.39, 0.29) is 23.7 Å². The highest BCUT2D eigenvalue weighted by Crippen LogP contribution is 2.22. The number of carbonyl (C=O) groups is 1. The van der Waals surface area contributed by atoms with Gasteiger partial charge in [-0.05, 0) is 17.7 Å². The third kappa shape index (κ3) is 4.61. The van der Waals surface area contributed by atoms with Crippen molar-refractivity contribution in [2.24, 2.45) is 5.73 Å². The summed E-state index contributed by atoms with van der Waals surface area (Å²) >= 11 is 0. The Morgan fingerprint density at radius 1 is 1.42 bits per heavy atom. The smallest absolute Gasteiger partial charge is 0.239 e. The number of benzene rings is 1. The molecule has 1 unspecified atom stereocenters. The molecule has 1 atom stereocenters. The van der Waals surface area contributed by atoms with Gasteiger partial charge >= 0.3 is 0 Å². The van der Waals surface area contributed by atoms with E-state index < -0.39 is 6.04 Å². The van der Waals surface area contributed by atoms with Crippen molar-refractivity contribution in [1.82, 2.24) is 5.32 Å². The van der Waals surface area contributed by atoms with Gasteiger partial charge in [0.2, 0.25) is 5.91 Å². The van der Waals surface area contributed by atoms with Crippen molar-refractivity contribution in [3.63, 3.8) is 0 Å². The van der Waals surface area contributed by atoms with E-state index in [0.29, 0.717) is 6.54 Å². The number of ether oxygens (including phenoxy) is 1. The molecule has 0 saturated carbocycles. The normalized spacial score (nSPS) is 13.1. The lowest BCUT2D eigenvalue weighted by molar-refractivity contribution is -0.123. The molecule has 0 aliphatic carbocycles. The molecule has 0 aliphatic rings. The summed E-state index contributed by atoms with van der Waals surface area (Å²) in [6.45, 7) is 4.56. The molecule has 0 spiro atoms. The van der Waals surface area contributed by atoms with E-state index in [1.54, 1.807) is 12.1 Å². The second-order valence-electron chi connectivity index (χ2n) is 5.17. The van der Waals surface area contributed by atoms with E-state index in [9.17, 15) is 9.18 Å². The minimum absolute atomic E-state index is 0.183. The SMILES string of the molecule is COCC(N)C(=O)NCC(C)(C)c1ccc(F)cc1. The molecule has 0 saturated heterocycles. The van der Waals surface area contributed by atoms with Crippen molar-refractivity contribution in [3.05, 3.63) is 35.6 Å². The fourth-order valence-electron chi connectivity index (χ4n) is 1.70. The van der Waals surface area contributed by atoms with Gasteiger partial charge in [0.1, 0.15) is 11.9 Å². The topological polar surface area (TPSA) is 64.3 Å². The monoisotopic (exact) mass is 268 g/mol. The highest BCUT2D eigenvalue weighted by Gasteiger charge is 2.23. The lowest BCUT2D eigenvalue weighted by Crippen LogP contribution is -2.47. The van der Waals surface area contributed by atoms with Crippen LogP contribution in [0.15, 0.2) is 24.3 Å². The van der Waals surface area contributed by atoms with E-state index in [0.717, 1.165) is 5.56 Å². The number of methoxy groups -OCH3 is 1. The quantitative estimate of drug-likeness (QED) is 0.814. The summed E-state index contributed by atoms with van der Waals surface area (Å²) in [6, 6.07) is 5.59. The first-order valence-electron chi connectivity index (χ1n) is 6.15. The summed E-state index contributed by atoms with van der Waals surface area (Å²) in [4.78, 5) is 11.7. The first-order chi connectivity index (χ1) is 8.86. The van der Waals surface area contributed by atoms with E-state index >= 15 is 0 Å². The van der Waals surface area contributed by atoms with Crippen molar-refractivity contribution in [3.8, 4) is 0 Å². The van der Waals surface area contributed by atoms with Gasteiger partial charge < -0.3 is 15.8 Å².